The van der Waals surface area contributed by atoms with E-state index < -0.39 is 0 Å². The molecule has 0 heterocycles. The van der Waals surface area contributed by atoms with E-state index in [-0.39, 0.29) is 6.10 Å². The normalized spacial score (nSPS) is 14.4. The number of ether oxygens (including phenoxy) is 1. The summed E-state index contributed by atoms with van der Waals surface area (Å²) in [5.41, 5.74) is 0. The summed E-state index contributed by atoms with van der Waals surface area (Å²) in [5, 5.41) is 4.12. The first-order valence-electron chi connectivity index (χ1n) is 5.88. The predicted octanol–water partition coefficient (Wildman–Crippen LogP) is 4.26. The Balaban J connectivity index is 2.47. The van der Waals surface area contributed by atoms with Crippen molar-refractivity contribution in [3.8, 4) is 5.75 Å². The molecule has 17 heavy (non-hydrogen) atoms. The van der Waals surface area contributed by atoms with Gasteiger partial charge < -0.3 is 10.1 Å². The number of nitrogens with one attached hydrogen (secondary N) is 1. The second-order valence-corrected chi connectivity index (χ2v) is 5.51. The molecular weight excluding hydrogens is 302 g/mol. The molecule has 2 nitrogen and oxygen atoms in total. The van der Waals surface area contributed by atoms with Crippen molar-refractivity contribution in [2.75, 3.05) is 6.54 Å². The fraction of sp³-hybridized carbons (Fsp3) is 0.538. The molecule has 0 bridgehead atoms. The van der Waals surface area contributed by atoms with Gasteiger partial charge in [-0.15, -0.1) is 0 Å². The van der Waals surface area contributed by atoms with Crippen molar-refractivity contribution in [2.45, 2.75) is 39.3 Å². The predicted molar refractivity (Wildman–Crippen MR) is 77.0 cm³/mol. The van der Waals surface area contributed by atoms with Crippen LogP contribution >= 0.6 is 27.5 Å². The van der Waals surface area contributed by atoms with E-state index in [1.807, 2.05) is 18.2 Å². The molecule has 1 aromatic rings. The molecule has 0 fully saturated rings. The van der Waals surface area contributed by atoms with Crippen molar-refractivity contribution in [2.24, 2.45) is 0 Å². The van der Waals surface area contributed by atoms with E-state index in [4.69, 9.17) is 16.3 Å². The molecule has 0 aromatic heterocycles. The lowest BCUT2D eigenvalue weighted by Gasteiger charge is -2.19. The highest BCUT2D eigenvalue weighted by atomic mass is 79.9. The Morgan fingerprint density at radius 1 is 1.41 bits per heavy atom. The Kier molecular flexibility index (Phi) is 6.31. The van der Waals surface area contributed by atoms with Crippen LogP contribution in [0.5, 0.6) is 5.75 Å². The molecule has 0 saturated heterocycles. The summed E-state index contributed by atoms with van der Waals surface area (Å²) in [6.45, 7) is 7.23. The first-order chi connectivity index (χ1) is 8.02. The largest absolute Gasteiger partial charge is 0.488 e. The lowest BCUT2D eigenvalue weighted by molar-refractivity contribution is 0.210. The van der Waals surface area contributed by atoms with Gasteiger partial charge in [-0.1, -0.05) is 18.5 Å². The summed E-state index contributed by atoms with van der Waals surface area (Å²) < 4.78 is 6.72. The summed E-state index contributed by atoms with van der Waals surface area (Å²) in [6, 6.07) is 6.07. The summed E-state index contributed by atoms with van der Waals surface area (Å²) in [4.78, 5) is 0. The number of hydrogen-bond acceptors (Lipinski definition) is 2. The zero-order valence-electron chi connectivity index (χ0n) is 10.5. The molecule has 1 rings (SSSR count). The fourth-order valence-corrected chi connectivity index (χ4v) is 2.12. The topological polar surface area (TPSA) is 21.3 Å². The molecule has 1 aromatic carbocycles. The van der Waals surface area contributed by atoms with Gasteiger partial charge in [0.1, 0.15) is 11.9 Å². The zero-order valence-corrected chi connectivity index (χ0v) is 12.8. The molecule has 96 valence electrons. The summed E-state index contributed by atoms with van der Waals surface area (Å²) >= 11 is 9.32. The van der Waals surface area contributed by atoms with E-state index in [2.05, 4.69) is 42.0 Å². The third kappa shape index (κ3) is 5.28. The highest BCUT2D eigenvalue weighted by Gasteiger charge is 2.08. The van der Waals surface area contributed by atoms with Crippen LogP contribution < -0.4 is 10.1 Å². The summed E-state index contributed by atoms with van der Waals surface area (Å²) in [7, 11) is 0. The van der Waals surface area contributed by atoms with Gasteiger partial charge in [0, 0.05) is 17.6 Å². The van der Waals surface area contributed by atoms with E-state index >= 15 is 0 Å². The average Bonchev–Trinajstić information content (AvgIpc) is 2.29. The van der Waals surface area contributed by atoms with Crippen LogP contribution in [0.15, 0.2) is 22.7 Å². The number of halogens is 2. The smallest absolute Gasteiger partial charge is 0.134 e. The summed E-state index contributed by atoms with van der Waals surface area (Å²) in [6.07, 6.45) is 1.25. The van der Waals surface area contributed by atoms with Crippen molar-refractivity contribution in [3.63, 3.8) is 0 Å². The Bertz CT molecular complexity index is 359. The summed E-state index contributed by atoms with van der Waals surface area (Å²) in [5.74, 6) is 0.827. The minimum absolute atomic E-state index is 0.126. The van der Waals surface area contributed by atoms with Crippen LogP contribution in [0.2, 0.25) is 5.02 Å². The maximum absolute atomic E-state index is 5.88. The van der Waals surface area contributed by atoms with Crippen molar-refractivity contribution in [1.29, 1.82) is 0 Å². The number of benzene rings is 1. The van der Waals surface area contributed by atoms with Crippen molar-refractivity contribution >= 4 is 27.5 Å². The van der Waals surface area contributed by atoms with Gasteiger partial charge in [0.15, 0.2) is 0 Å². The maximum Gasteiger partial charge on any atom is 0.134 e. The van der Waals surface area contributed by atoms with Gasteiger partial charge in [0.05, 0.1) is 4.47 Å². The van der Waals surface area contributed by atoms with Crippen LogP contribution in [-0.4, -0.2) is 18.7 Å². The van der Waals surface area contributed by atoms with E-state index in [1.165, 1.54) is 0 Å². The molecule has 0 aliphatic heterocycles. The molecule has 2 unspecified atom stereocenters. The number of hydrogen-bond donors (Lipinski definition) is 1. The fourth-order valence-electron chi connectivity index (χ4n) is 1.34. The van der Waals surface area contributed by atoms with Gasteiger partial charge >= 0.3 is 0 Å². The van der Waals surface area contributed by atoms with E-state index in [9.17, 15) is 0 Å². The van der Waals surface area contributed by atoms with Gasteiger partial charge in [0.25, 0.3) is 0 Å². The van der Waals surface area contributed by atoms with Gasteiger partial charge in [-0.2, -0.15) is 0 Å². The molecular formula is C13H19BrClNO. The zero-order chi connectivity index (χ0) is 12.8. The average molecular weight is 321 g/mol. The molecule has 0 amide bonds. The highest BCUT2D eigenvalue weighted by Crippen LogP contribution is 2.28. The Morgan fingerprint density at radius 3 is 2.71 bits per heavy atom. The van der Waals surface area contributed by atoms with Gasteiger partial charge in [-0.05, 0) is 54.4 Å². The minimum Gasteiger partial charge on any atom is -0.488 e. The standard InChI is InChI=1S/C13H19BrClNO/c1-4-9(2)16-8-10(3)17-13-6-5-11(15)7-12(13)14/h5-7,9-10,16H,4,8H2,1-3H3. The van der Waals surface area contributed by atoms with E-state index in [0.717, 1.165) is 23.2 Å². The van der Waals surface area contributed by atoms with E-state index in [0.29, 0.717) is 11.1 Å². The third-order valence-electron chi connectivity index (χ3n) is 2.59. The van der Waals surface area contributed by atoms with Crippen LogP contribution in [0.25, 0.3) is 0 Å². The molecule has 0 saturated carbocycles. The second-order valence-electron chi connectivity index (χ2n) is 4.22. The second kappa shape index (κ2) is 7.24. The van der Waals surface area contributed by atoms with Crippen LogP contribution in [-0.2, 0) is 0 Å². The van der Waals surface area contributed by atoms with Crippen LogP contribution in [0.1, 0.15) is 27.2 Å². The first kappa shape index (κ1) is 14.8. The van der Waals surface area contributed by atoms with Gasteiger partial charge in [-0.3, -0.25) is 0 Å². The molecule has 0 radical (unpaired) electrons. The van der Waals surface area contributed by atoms with Crippen LogP contribution in [0.4, 0.5) is 0 Å². The molecule has 0 aliphatic carbocycles. The Morgan fingerprint density at radius 2 is 2.12 bits per heavy atom. The number of rotatable bonds is 6. The molecule has 2 atom stereocenters. The lowest BCUT2D eigenvalue weighted by Crippen LogP contribution is -2.34. The monoisotopic (exact) mass is 319 g/mol. The van der Waals surface area contributed by atoms with Crippen molar-refractivity contribution in [1.82, 2.24) is 5.32 Å². The van der Waals surface area contributed by atoms with Crippen LogP contribution in [0.3, 0.4) is 0 Å². The Hall–Kier alpha value is -0.250. The maximum atomic E-state index is 5.88. The molecule has 0 aliphatic rings. The van der Waals surface area contributed by atoms with Crippen molar-refractivity contribution in [3.05, 3.63) is 27.7 Å². The first-order valence-corrected chi connectivity index (χ1v) is 7.05. The van der Waals surface area contributed by atoms with E-state index in [1.54, 1.807) is 0 Å². The minimum atomic E-state index is 0.126. The SMILES string of the molecule is CCC(C)NCC(C)Oc1ccc(Cl)cc1Br. The quantitative estimate of drug-likeness (QED) is 0.845. The third-order valence-corrected chi connectivity index (χ3v) is 3.44. The van der Waals surface area contributed by atoms with Gasteiger partial charge in [0.2, 0.25) is 0 Å². The molecule has 4 heteroatoms. The molecule has 1 N–H and O–H groups in total. The molecule has 0 spiro atoms. The highest BCUT2D eigenvalue weighted by molar-refractivity contribution is 9.10. The lowest BCUT2D eigenvalue weighted by atomic mass is 10.2. The van der Waals surface area contributed by atoms with Crippen molar-refractivity contribution < 1.29 is 4.74 Å². The van der Waals surface area contributed by atoms with Gasteiger partial charge in [-0.25, -0.2) is 0 Å². The Labute approximate surface area is 117 Å². The van der Waals surface area contributed by atoms with Crippen LogP contribution in [0, 0.1) is 0 Å².